The molecule has 1 atom stereocenters. The normalized spacial score (nSPS) is 19.4. The number of carbonyl (C=O) groups excluding carboxylic acids is 1. The van der Waals surface area contributed by atoms with E-state index in [1.54, 1.807) is 6.26 Å². The molecule has 0 radical (unpaired) electrons. The Hall–Kier alpha value is -2.87. The van der Waals surface area contributed by atoms with Crippen molar-refractivity contribution >= 4 is 11.9 Å². The number of aliphatic imine (C=N–C) groups is 1. The summed E-state index contributed by atoms with van der Waals surface area (Å²) in [6.07, 6.45) is 4.01. The maximum Gasteiger partial charge on any atom is 0.251 e. The topological polar surface area (TPSA) is 83.2 Å². The van der Waals surface area contributed by atoms with Crippen molar-refractivity contribution in [3.05, 3.63) is 41.8 Å². The van der Waals surface area contributed by atoms with Gasteiger partial charge < -0.3 is 24.3 Å². The molecule has 0 spiro atoms. The number of rotatable bonds is 6. The summed E-state index contributed by atoms with van der Waals surface area (Å²) in [4.78, 5) is 26.1. The predicted octanol–water partition coefficient (Wildman–Crippen LogP) is 2.48. The second-order valence-electron chi connectivity index (χ2n) is 8.31. The minimum Gasteiger partial charge on any atom is -0.444 e. The van der Waals surface area contributed by atoms with Crippen LogP contribution in [0.15, 0.2) is 39.9 Å². The minimum atomic E-state index is -0.240. The first-order valence-electron chi connectivity index (χ1n) is 11.6. The number of guanidine groups is 1. The Morgan fingerprint density at radius 2 is 1.94 bits per heavy atom. The Labute approximate surface area is 189 Å². The maximum absolute atomic E-state index is 12.6. The summed E-state index contributed by atoms with van der Waals surface area (Å²) in [5, 5.41) is 3.38. The first-order valence-corrected chi connectivity index (χ1v) is 11.6. The van der Waals surface area contributed by atoms with Gasteiger partial charge in [0, 0.05) is 57.9 Å². The van der Waals surface area contributed by atoms with E-state index in [2.05, 4.69) is 41.2 Å². The molecule has 8 heteroatoms. The van der Waals surface area contributed by atoms with Crippen LogP contribution < -0.4 is 5.32 Å². The summed E-state index contributed by atoms with van der Waals surface area (Å²) in [5.74, 6) is 1.67. The first-order chi connectivity index (χ1) is 15.6. The van der Waals surface area contributed by atoms with Gasteiger partial charge in [0.1, 0.15) is 12.4 Å². The zero-order valence-corrected chi connectivity index (χ0v) is 19.0. The van der Waals surface area contributed by atoms with E-state index in [1.807, 2.05) is 17.0 Å². The van der Waals surface area contributed by atoms with Crippen molar-refractivity contribution in [2.45, 2.75) is 39.2 Å². The van der Waals surface area contributed by atoms with Gasteiger partial charge in [-0.25, -0.2) is 4.98 Å². The van der Waals surface area contributed by atoms with E-state index < -0.39 is 0 Å². The summed E-state index contributed by atoms with van der Waals surface area (Å²) >= 11 is 0. The highest BCUT2D eigenvalue weighted by atomic mass is 16.5. The molecule has 2 aromatic rings. The van der Waals surface area contributed by atoms with E-state index in [-0.39, 0.29) is 12.0 Å². The second kappa shape index (κ2) is 10.6. The van der Waals surface area contributed by atoms with Crippen molar-refractivity contribution in [1.29, 1.82) is 0 Å². The maximum atomic E-state index is 12.6. The number of oxazole rings is 1. The molecule has 0 aliphatic carbocycles. The Balaban J connectivity index is 1.30. The lowest BCUT2D eigenvalue weighted by Crippen LogP contribution is -2.55. The van der Waals surface area contributed by atoms with Crippen LogP contribution in [-0.2, 0) is 16.0 Å². The van der Waals surface area contributed by atoms with Gasteiger partial charge in [-0.15, -0.1) is 0 Å². The summed E-state index contributed by atoms with van der Waals surface area (Å²) in [6, 6.07) is 8.16. The van der Waals surface area contributed by atoms with Crippen molar-refractivity contribution in [2.24, 2.45) is 4.99 Å². The lowest BCUT2D eigenvalue weighted by Gasteiger charge is -2.37. The van der Waals surface area contributed by atoms with Crippen LogP contribution in [0.5, 0.6) is 0 Å². The Morgan fingerprint density at radius 1 is 1.19 bits per heavy atom. The first kappa shape index (κ1) is 22.3. The number of hydrogen-bond donors (Lipinski definition) is 1. The van der Waals surface area contributed by atoms with Gasteiger partial charge in [-0.3, -0.25) is 9.79 Å². The number of nitrogens with zero attached hydrogens (tertiary/aromatic N) is 4. The smallest absolute Gasteiger partial charge is 0.251 e. The van der Waals surface area contributed by atoms with Crippen LogP contribution in [-0.4, -0.2) is 78.6 Å². The Morgan fingerprint density at radius 3 is 2.62 bits per heavy atom. The molecule has 2 fully saturated rings. The highest BCUT2D eigenvalue weighted by Gasteiger charge is 2.30. The fourth-order valence-electron chi connectivity index (χ4n) is 4.07. The van der Waals surface area contributed by atoms with E-state index in [0.29, 0.717) is 38.6 Å². The fourth-order valence-corrected chi connectivity index (χ4v) is 4.07. The van der Waals surface area contributed by atoms with E-state index in [0.717, 1.165) is 49.7 Å². The van der Waals surface area contributed by atoms with Gasteiger partial charge in [-0.05, 0) is 38.8 Å². The van der Waals surface area contributed by atoms with Gasteiger partial charge >= 0.3 is 0 Å². The Bertz CT molecular complexity index is 910. The summed E-state index contributed by atoms with van der Waals surface area (Å²) in [6.45, 7) is 9.19. The summed E-state index contributed by atoms with van der Waals surface area (Å²) < 4.78 is 11.2. The number of benzene rings is 1. The van der Waals surface area contributed by atoms with Crippen LogP contribution in [0, 0.1) is 6.92 Å². The Kier molecular flexibility index (Phi) is 7.42. The van der Waals surface area contributed by atoms with Crippen LogP contribution >= 0.6 is 0 Å². The average molecular weight is 440 g/mol. The molecule has 8 nitrogen and oxygen atoms in total. The third kappa shape index (κ3) is 5.48. The number of ether oxygens (including phenoxy) is 1. The molecule has 1 amide bonds. The lowest BCUT2D eigenvalue weighted by atomic mass is 10.1. The molecule has 1 aromatic heterocycles. The number of hydrogen-bond acceptors (Lipinski definition) is 5. The standard InChI is InChI=1S/C24H33N5O3/c1-3-25-24(29-14-12-28(13-15-29)23(30)21-5-4-16-31-21)26-11-10-20-17-32-22(27-20)19-8-6-18(2)7-9-19/h6-9,17,21H,3-5,10-16H2,1-2H3,(H,25,26). The van der Waals surface area contributed by atoms with Gasteiger partial charge in [0.05, 0.1) is 5.69 Å². The molecule has 1 unspecified atom stereocenters. The van der Waals surface area contributed by atoms with Gasteiger partial charge in [0.25, 0.3) is 5.91 Å². The third-order valence-corrected chi connectivity index (χ3v) is 5.91. The van der Waals surface area contributed by atoms with Crippen molar-refractivity contribution in [3.63, 3.8) is 0 Å². The molecule has 1 N–H and O–H groups in total. The number of carbonyl (C=O) groups is 1. The number of aromatic nitrogens is 1. The number of aryl methyl sites for hydroxylation is 1. The summed E-state index contributed by atoms with van der Waals surface area (Å²) in [5.41, 5.74) is 3.09. The van der Waals surface area contributed by atoms with Crippen molar-refractivity contribution in [3.8, 4) is 11.5 Å². The van der Waals surface area contributed by atoms with Gasteiger partial charge in [0.2, 0.25) is 5.89 Å². The van der Waals surface area contributed by atoms with Crippen LogP contribution in [0.25, 0.3) is 11.5 Å². The van der Waals surface area contributed by atoms with E-state index in [1.165, 1.54) is 5.56 Å². The quantitative estimate of drug-likeness (QED) is 0.550. The molecule has 2 aliphatic rings. The summed E-state index contributed by atoms with van der Waals surface area (Å²) in [7, 11) is 0. The fraction of sp³-hybridized carbons (Fsp3) is 0.542. The van der Waals surface area contributed by atoms with Crippen molar-refractivity contribution in [2.75, 3.05) is 45.9 Å². The highest BCUT2D eigenvalue weighted by molar-refractivity contribution is 5.82. The largest absolute Gasteiger partial charge is 0.444 e. The molecular weight excluding hydrogens is 406 g/mol. The van der Waals surface area contributed by atoms with Crippen LogP contribution in [0.3, 0.4) is 0 Å². The zero-order valence-electron chi connectivity index (χ0n) is 19.0. The number of piperazine rings is 1. The SMILES string of the molecule is CCNC(=NCCc1coc(-c2ccc(C)cc2)n1)N1CCN(C(=O)C2CCCO2)CC1. The molecule has 2 saturated heterocycles. The molecule has 1 aromatic carbocycles. The zero-order chi connectivity index (χ0) is 22.3. The molecule has 172 valence electrons. The molecule has 3 heterocycles. The number of amides is 1. The van der Waals surface area contributed by atoms with Crippen LogP contribution in [0.2, 0.25) is 0 Å². The molecule has 32 heavy (non-hydrogen) atoms. The average Bonchev–Trinajstić information content (AvgIpc) is 3.51. The third-order valence-electron chi connectivity index (χ3n) is 5.91. The second-order valence-corrected chi connectivity index (χ2v) is 8.31. The predicted molar refractivity (Wildman–Crippen MR) is 123 cm³/mol. The molecule has 0 saturated carbocycles. The van der Waals surface area contributed by atoms with E-state index in [9.17, 15) is 4.79 Å². The monoisotopic (exact) mass is 439 g/mol. The van der Waals surface area contributed by atoms with Gasteiger partial charge in [0.15, 0.2) is 5.96 Å². The van der Waals surface area contributed by atoms with Crippen LogP contribution in [0.1, 0.15) is 31.0 Å². The van der Waals surface area contributed by atoms with Gasteiger partial charge in [-0.1, -0.05) is 17.7 Å². The molecular formula is C24H33N5O3. The van der Waals surface area contributed by atoms with Gasteiger partial charge in [-0.2, -0.15) is 0 Å². The lowest BCUT2D eigenvalue weighted by molar-refractivity contribution is -0.142. The van der Waals surface area contributed by atoms with Crippen LogP contribution in [0.4, 0.5) is 0 Å². The van der Waals surface area contributed by atoms with Crippen molar-refractivity contribution < 1.29 is 13.9 Å². The highest BCUT2D eigenvalue weighted by Crippen LogP contribution is 2.19. The molecule has 2 aliphatic heterocycles. The van der Waals surface area contributed by atoms with E-state index in [4.69, 9.17) is 14.1 Å². The molecule has 0 bridgehead atoms. The van der Waals surface area contributed by atoms with E-state index >= 15 is 0 Å². The number of nitrogens with one attached hydrogen (secondary N) is 1. The minimum absolute atomic E-state index is 0.138. The molecule has 4 rings (SSSR count). The van der Waals surface area contributed by atoms with Crippen molar-refractivity contribution in [1.82, 2.24) is 20.1 Å².